The molecule has 0 aromatic rings. The second-order valence-electron chi connectivity index (χ2n) is 15.5. The second kappa shape index (κ2) is 40.8. The third kappa shape index (κ3) is 31.8. The molecule has 9 heteroatoms. The van der Waals surface area contributed by atoms with Crippen molar-refractivity contribution in [3.8, 4) is 0 Å². The van der Waals surface area contributed by atoms with Gasteiger partial charge in [-0.05, 0) is 89.9 Å². The summed E-state index contributed by atoms with van der Waals surface area (Å²) >= 11 is 0. The number of aliphatic hydroxyl groups excluding tert-OH is 4. The van der Waals surface area contributed by atoms with Crippen LogP contribution in [0, 0.1) is 0 Å². The smallest absolute Gasteiger partial charge is 0.306 e. The number of unbranched alkanes of at least 4 members (excludes halogenated alkanes) is 13. The van der Waals surface area contributed by atoms with E-state index in [2.05, 4.69) is 98.9 Å². The average Bonchev–Trinajstić information content (AvgIpc) is 3.24. The summed E-state index contributed by atoms with van der Waals surface area (Å²) in [5.74, 6) is -0.340. The van der Waals surface area contributed by atoms with Gasteiger partial charge in [0.25, 0.3) is 0 Å². The Hall–Kier alpha value is -2.63. The zero-order valence-corrected chi connectivity index (χ0v) is 37.0. The van der Waals surface area contributed by atoms with Gasteiger partial charge in [-0.3, -0.25) is 4.79 Å². The van der Waals surface area contributed by atoms with Crippen molar-refractivity contribution in [3.05, 3.63) is 85.1 Å². The van der Waals surface area contributed by atoms with Gasteiger partial charge in [0.05, 0.1) is 19.8 Å². The molecule has 0 amide bonds. The quantitative estimate of drug-likeness (QED) is 0.0272. The fourth-order valence-electron chi connectivity index (χ4n) is 6.43. The molecule has 0 aromatic heterocycles. The fraction of sp³-hybridized carbons (Fsp3) is 0.700. The summed E-state index contributed by atoms with van der Waals surface area (Å²) in [5, 5.41) is 40.1. The molecule has 0 bridgehead atoms. The van der Waals surface area contributed by atoms with Gasteiger partial charge in [0.2, 0.25) is 0 Å². The van der Waals surface area contributed by atoms with Gasteiger partial charge in [-0.2, -0.15) is 0 Å². The molecule has 0 aliphatic carbocycles. The standard InChI is InChI=1S/C50H84O9/c1-3-5-7-9-11-13-15-17-19-21-23-25-27-29-31-33-35-37-39-46(52)58-44(43-57-50-49(55)48(54)47(53)45(41-51)59-50)42-56-40-38-36-34-32-30-28-26-24-22-20-18-16-14-12-10-8-6-4-2/h6,8,12-15,18-21,24,26,30,32,44-45,47-51,53-55H,3-5,7,9-11,16-17,22-23,25,27-29,31,33-43H2,1-2H3/b8-6-,14-12-,15-13-,20-18-,21-19-,26-24-,32-30-. The van der Waals surface area contributed by atoms with Crippen LogP contribution >= 0.6 is 0 Å². The van der Waals surface area contributed by atoms with E-state index in [9.17, 15) is 25.2 Å². The number of ether oxygens (including phenoxy) is 4. The molecule has 4 N–H and O–H groups in total. The molecule has 0 spiro atoms. The van der Waals surface area contributed by atoms with Gasteiger partial charge < -0.3 is 39.4 Å². The molecule has 1 aliphatic rings. The van der Waals surface area contributed by atoms with Crippen LogP contribution in [0.2, 0.25) is 0 Å². The van der Waals surface area contributed by atoms with Crippen molar-refractivity contribution in [3.63, 3.8) is 0 Å². The number of hydrogen-bond acceptors (Lipinski definition) is 9. The lowest BCUT2D eigenvalue weighted by molar-refractivity contribution is -0.305. The molecule has 0 radical (unpaired) electrons. The van der Waals surface area contributed by atoms with E-state index in [1.165, 1.54) is 51.4 Å². The predicted octanol–water partition coefficient (Wildman–Crippen LogP) is 10.6. The zero-order valence-electron chi connectivity index (χ0n) is 37.0. The summed E-state index contributed by atoms with van der Waals surface area (Å²) in [7, 11) is 0. The van der Waals surface area contributed by atoms with Crippen molar-refractivity contribution in [2.24, 2.45) is 0 Å². The first-order valence-electron chi connectivity index (χ1n) is 23.2. The van der Waals surface area contributed by atoms with Crippen LogP contribution in [-0.2, 0) is 23.7 Å². The lowest BCUT2D eigenvalue weighted by Gasteiger charge is -2.39. The Morgan fingerprint density at radius 1 is 0.559 bits per heavy atom. The van der Waals surface area contributed by atoms with Gasteiger partial charge in [-0.25, -0.2) is 0 Å². The zero-order chi connectivity index (χ0) is 42.9. The van der Waals surface area contributed by atoms with Crippen LogP contribution in [-0.4, -0.2) is 89.6 Å². The molecule has 6 atom stereocenters. The minimum absolute atomic E-state index is 0.107. The van der Waals surface area contributed by atoms with E-state index < -0.39 is 43.4 Å². The number of carbonyl (C=O) groups is 1. The highest BCUT2D eigenvalue weighted by Gasteiger charge is 2.44. The van der Waals surface area contributed by atoms with Crippen LogP contribution in [0.15, 0.2) is 85.1 Å². The van der Waals surface area contributed by atoms with Crippen molar-refractivity contribution in [1.82, 2.24) is 0 Å². The average molecular weight is 829 g/mol. The normalized spacial score (nSPS) is 20.9. The molecule has 0 saturated carbocycles. The van der Waals surface area contributed by atoms with E-state index in [0.717, 1.165) is 89.9 Å². The summed E-state index contributed by atoms with van der Waals surface area (Å²) in [6.45, 7) is 4.29. The highest BCUT2D eigenvalue weighted by atomic mass is 16.7. The number of allylic oxidation sites excluding steroid dienone is 14. The topological polar surface area (TPSA) is 135 Å². The van der Waals surface area contributed by atoms with E-state index in [4.69, 9.17) is 18.9 Å². The summed E-state index contributed by atoms with van der Waals surface area (Å²) < 4.78 is 22.8. The molecule has 1 rings (SSSR count). The molecule has 9 nitrogen and oxygen atoms in total. The van der Waals surface area contributed by atoms with E-state index in [1.54, 1.807) is 0 Å². The van der Waals surface area contributed by atoms with Crippen molar-refractivity contribution < 1.29 is 44.2 Å². The second-order valence-corrected chi connectivity index (χ2v) is 15.5. The van der Waals surface area contributed by atoms with Gasteiger partial charge in [-0.15, -0.1) is 0 Å². The third-order valence-electron chi connectivity index (χ3n) is 10.0. The van der Waals surface area contributed by atoms with Crippen LogP contribution < -0.4 is 0 Å². The van der Waals surface area contributed by atoms with Gasteiger partial charge in [0.1, 0.15) is 30.5 Å². The monoisotopic (exact) mass is 829 g/mol. The first-order chi connectivity index (χ1) is 28.9. The summed E-state index contributed by atoms with van der Waals surface area (Å²) in [5.41, 5.74) is 0. The van der Waals surface area contributed by atoms with Crippen LogP contribution in [0.1, 0.15) is 162 Å². The van der Waals surface area contributed by atoms with Crippen molar-refractivity contribution in [1.29, 1.82) is 0 Å². The summed E-state index contributed by atoms with van der Waals surface area (Å²) in [6, 6.07) is 0. The maximum atomic E-state index is 12.8. The molecule has 1 aliphatic heterocycles. The number of esters is 1. The Kier molecular flexibility index (Phi) is 37.6. The summed E-state index contributed by atoms with van der Waals surface area (Å²) in [6.07, 6.45) is 47.5. The third-order valence-corrected chi connectivity index (χ3v) is 10.0. The number of hydrogen-bond donors (Lipinski definition) is 4. The maximum Gasteiger partial charge on any atom is 0.306 e. The van der Waals surface area contributed by atoms with Gasteiger partial charge in [-0.1, -0.05) is 150 Å². The fourth-order valence-corrected chi connectivity index (χ4v) is 6.43. The number of rotatable bonds is 38. The van der Waals surface area contributed by atoms with E-state index in [0.29, 0.717) is 13.0 Å². The molecular weight excluding hydrogens is 745 g/mol. The molecule has 1 fully saturated rings. The maximum absolute atomic E-state index is 12.8. The Balaban J connectivity index is 2.31. The molecule has 0 aromatic carbocycles. The van der Waals surface area contributed by atoms with Gasteiger partial charge in [0.15, 0.2) is 6.29 Å². The Morgan fingerprint density at radius 2 is 1.03 bits per heavy atom. The SMILES string of the molecule is CC/C=C\C/C=C\C/C=C\C/C=C\C/C=C\CCCCOCC(COC1OC(CO)C(O)C(O)C1O)OC(=O)CCCCCCCCC/C=C\C/C=C\CCCCCC. The molecule has 59 heavy (non-hydrogen) atoms. The van der Waals surface area contributed by atoms with E-state index in [1.807, 2.05) is 0 Å². The highest BCUT2D eigenvalue weighted by molar-refractivity contribution is 5.69. The largest absolute Gasteiger partial charge is 0.457 e. The molecule has 6 unspecified atom stereocenters. The van der Waals surface area contributed by atoms with Crippen molar-refractivity contribution >= 4 is 5.97 Å². The molecular formula is C50H84O9. The summed E-state index contributed by atoms with van der Waals surface area (Å²) in [4.78, 5) is 12.8. The molecule has 1 heterocycles. The Bertz CT molecular complexity index is 1170. The Labute approximate surface area is 359 Å². The lowest BCUT2D eigenvalue weighted by atomic mass is 9.99. The van der Waals surface area contributed by atoms with Crippen molar-refractivity contribution in [2.75, 3.05) is 26.4 Å². The van der Waals surface area contributed by atoms with E-state index >= 15 is 0 Å². The van der Waals surface area contributed by atoms with E-state index in [-0.39, 0.29) is 19.2 Å². The van der Waals surface area contributed by atoms with Crippen molar-refractivity contribution in [2.45, 2.75) is 198 Å². The predicted molar refractivity (Wildman–Crippen MR) is 242 cm³/mol. The van der Waals surface area contributed by atoms with Crippen LogP contribution in [0.25, 0.3) is 0 Å². The van der Waals surface area contributed by atoms with Crippen LogP contribution in [0.5, 0.6) is 0 Å². The lowest BCUT2D eigenvalue weighted by Crippen LogP contribution is -2.59. The first-order valence-corrected chi connectivity index (χ1v) is 23.2. The molecule has 1 saturated heterocycles. The number of carbonyl (C=O) groups excluding carboxylic acids is 1. The number of aliphatic hydroxyl groups is 4. The Morgan fingerprint density at radius 3 is 1.56 bits per heavy atom. The molecule has 338 valence electrons. The highest BCUT2D eigenvalue weighted by Crippen LogP contribution is 2.22. The van der Waals surface area contributed by atoms with Gasteiger partial charge >= 0.3 is 5.97 Å². The first kappa shape index (κ1) is 54.4. The van der Waals surface area contributed by atoms with Crippen LogP contribution in [0.4, 0.5) is 0 Å². The minimum Gasteiger partial charge on any atom is -0.457 e. The minimum atomic E-state index is -1.55. The van der Waals surface area contributed by atoms with Crippen LogP contribution in [0.3, 0.4) is 0 Å². The van der Waals surface area contributed by atoms with Gasteiger partial charge in [0, 0.05) is 13.0 Å².